The largest absolute Gasteiger partial charge is 0.476 e. The number of imidazole rings is 1. The van der Waals surface area contributed by atoms with Crippen LogP contribution in [0.25, 0.3) is 0 Å². The zero-order valence-corrected chi connectivity index (χ0v) is 9.89. The molecule has 0 aliphatic carbocycles. The molecule has 2 rings (SSSR count). The van der Waals surface area contributed by atoms with E-state index < -0.39 is 5.97 Å². The number of benzene rings is 1. The Labute approximate surface area is 101 Å². The number of hydrogen-bond donors (Lipinski definition) is 1. The van der Waals surface area contributed by atoms with E-state index in [0.717, 1.165) is 10.0 Å². The van der Waals surface area contributed by atoms with E-state index in [2.05, 4.69) is 20.9 Å². The van der Waals surface area contributed by atoms with Crippen LogP contribution in [0.5, 0.6) is 0 Å². The summed E-state index contributed by atoms with van der Waals surface area (Å²) in [5.74, 6) is -1.01. The Balaban J connectivity index is 2.21. The standard InChI is InChI=1S/C11H9BrN2O2/c12-9-4-2-1-3-8(9)5-14-6-10(11(15)16)13-7-14/h1-4,6-7H,5H2,(H,15,16). The fourth-order valence-corrected chi connectivity index (χ4v) is 1.79. The van der Waals surface area contributed by atoms with Crippen LogP contribution in [-0.2, 0) is 6.54 Å². The first-order chi connectivity index (χ1) is 7.66. The molecule has 0 radical (unpaired) electrons. The molecular weight excluding hydrogens is 272 g/mol. The van der Waals surface area contributed by atoms with Crippen molar-refractivity contribution in [3.63, 3.8) is 0 Å². The van der Waals surface area contributed by atoms with Gasteiger partial charge in [0.15, 0.2) is 5.69 Å². The third-order valence-electron chi connectivity index (χ3n) is 2.16. The minimum Gasteiger partial charge on any atom is -0.476 e. The quantitative estimate of drug-likeness (QED) is 0.939. The van der Waals surface area contributed by atoms with Crippen molar-refractivity contribution in [1.29, 1.82) is 0 Å². The maximum atomic E-state index is 10.6. The molecule has 82 valence electrons. The molecule has 1 aromatic carbocycles. The van der Waals surface area contributed by atoms with E-state index in [9.17, 15) is 4.79 Å². The van der Waals surface area contributed by atoms with Crippen molar-refractivity contribution in [2.45, 2.75) is 6.54 Å². The van der Waals surface area contributed by atoms with E-state index in [1.165, 1.54) is 12.5 Å². The Bertz CT molecular complexity index is 522. The highest BCUT2D eigenvalue weighted by Gasteiger charge is 2.07. The van der Waals surface area contributed by atoms with Crippen molar-refractivity contribution in [2.75, 3.05) is 0 Å². The average molecular weight is 281 g/mol. The van der Waals surface area contributed by atoms with Crippen LogP contribution < -0.4 is 0 Å². The summed E-state index contributed by atoms with van der Waals surface area (Å²) >= 11 is 3.44. The number of carbonyl (C=O) groups is 1. The molecule has 0 atom stereocenters. The number of hydrogen-bond acceptors (Lipinski definition) is 2. The maximum absolute atomic E-state index is 10.6. The van der Waals surface area contributed by atoms with Crippen LogP contribution in [-0.4, -0.2) is 20.6 Å². The lowest BCUT2D eigenvalue weighted by Crippen LogP contribution is -1.98. The Kier molecular flexibility index (Phi) is 3.05. The molecule has 0 aliphatic heterocycles. The summed E-state index contributed by atoms with van der Waals surface area (Å²) in [6.07, 6.45) is 3.03. The van der Waals surface area contributed by atoms with Crippen LogP contribution in [0, 0.1) is 0 Å². The molecule has 0 aliphatic rings. The van der Waals surface area contributed by atoms with Crippen molar-refractivity contribution in [3.8, 4) is 0 Å². The summed E-state index contributed by atoms with van der Waals surface area (Å²) in [6, 6.07) is 7.80. The first kappa shape index (κ1) is 10.9. The molecule has 1 heterocycles. The van der Waals surface area contributed by atoms with Crippen molar-refractivity contribution in [2.24, 2.45) is 0 Å². The fourth-order valence-electron chi connectivity index (χ4n) is 1.38. The third-order valence-corrected chi connectivity index (χ3v) is 2.94. The van der Waals surface area contributed by atoms with E-state index in [1.54, 1.807) is 4.57 Å². The van der Waals surface area contributed by atoms with Crippen LogP contribution in [0.3, 0.4) is 0 Å². The summed E-state index contributed by atoms with van der Waals surface area (Å²) in [5.41, 5.74) is 1.14. The normalized spacial score (nSPS) is 10.3. The topological polar surface area (TPSA) is 55.1 Å². The van der Waals surface area contributed by atoms with Gasteiger partial charge in [0.25, 0.3) is 0 Å². The van der Waals surface area contributed by atoms with Crippen LogP contribution >= 0.6 is 15.9 Å². The summed E-state index contributed by atoms with van der Waals surface area (Å²) < 4.78 is 2.74. The van der Waals surface area contributed by atoms with Gasteiger partial charge in [0.05, 0.1) is 6.33 Å². The number of aromatic carboxylic acids is 1. The molecular formula is C11H9BrN2O2. The molecule has 1 N–H and O–H groups in total. The van der Waals surface area contributed by atoms with Crippen LogP contribution in [0.1, 0.15) is 16.1 Å². The van der Waals surface area contributed by atoms with Crippen molar-refractivity contribution in [3.05, 3.63) is 52.5 Å². The smallest absolute Gasteiger partial charge is 0.356 e. The van der Waals surface area contributed by atoms with Crippen LogP contribution in [0.4, 0.5) is 0 Å². The summed E-state index contributed by atoms with van der Waals surface area (Å²) in [5, 5.41) is 8.73. The Morgan fingerprint density at radius 2 is 2.19 bits per heavy atom. The SMILES string of the molecule is O=C(O)c1cn(Cc2ccccc2Br)cn1. The number of rotatable bonds is 3. The highest BCUT2D eigenvalue weighted by Crippen LogP contribution is 2.17. The number of carboxylic acid groups (broad SMARTS) is 1. The Hall–Kier alpha value is -1.62. The van der Waals surface area contributed by atoms with Gasteiger partial charge >= 0.3 is 5.97 Å². The number of nitrogens with zero attached hydrogens (tertiary/aromatic N) is 2. The van der Waals surface area contributed by atoms with Gasteiger partial charge in [-0.2, -0.15) is 0 Å². The lowest BCUT2D eigenvalue weighted by molar-refractivity contribution is 0.0691. The maximum Gasteiger partial charge on any atom is 0.356 e. The van der Waals surface area contributed by atoms with E-state index >= 15 is 0 Å². The van der Waals surface area contributed by atoms with Gasteiger partial charge in [-0.25, -0.2) is 9.78 Å². The molecule has 0 unspecified atom stereocenters. The molecule has 2 aromatic rings. The summed E-state index contributed by atoms with van der Waals surface area (Å²) in [7, 11) is 0. The molecule has 0 saturated carbocycles. The molecule has 0 amide bonds. The van der Waals surface area contributed by atoms with Crippen molar-refractivity contribution >= 4 is 21.9 Å². The van der Waals surface area contributed by atoms with E-state index in [0.29, 0.717) is 6.54 Å². The van der Waals surface area contributed by atoms with Crippen molar-refractivity contribution < 1.29 is 9.90 Å². The molecule has 0 bridgehead atoms. The van der Waals surface area contributed by atoms with Gasteiger partial charge < -0.3 is 9.67 Å². The second-order valence-electron chi connectivity index (χ2n) is 3.33. The average Bonchev–Trinajstić information content (AvgIpc) is 2.70. The molecule has 5 heteroatoms. The first-order valence-corrected chi connectivity index (χ1v) is 5.44. The molecule has 1 aromatic heterocycles. The number of carboxylic acids is 1. The Morgan fingerprint density at radius 3 is 2.81 bits per heavy atom. The zero-order chi connectivity index (χ0) is 11.5. The third kappa shape index (κ3) is 2.30. The highest BCUT2D eigenvalue weighted by atomic mass is 79.9. The lowest BCUT2D eigenvalue weighted by Gasteiger charge is -2.04. The minimum atomic E-state index is -1.01. The van der Waals surface area contributed by atoms with E-state index in [1.807, 2.05) is 24.3 Å². The van der Waals surface area contributed by atoms with Crippen LogP contribution in [0.15, 0.2) is 41.3 Å². The number of aromatic nitrogens is 2. The monoisotopic (exact) mass is 280 g/mol. The molecule has 0 fully saturated rings. The number of halogens is 1. The fraction of sp³-hybridized carbons (Fsp3) is 0.0909. The minimum absolute atomic E-state index is 0.0621. The lowest BCUT2D eigenvalue weighted by atomic mass is 10.2. The van der Waals surface area contributed by atoms with E-state index in [-0.39, 0.29) is 5.69 Å². The second-order valence-corrected chi connectivity index (χ2v) is 4.18. The van der Waals surface area contributed by atoms with Gasteiger partial charge in [-0.05, 0) is 11.6 Å². The van der Waals surface area contributed by atoms with Gasteiger partial charge in [-0.15, -0.1) is 0 Å². The zero-order valence-electron chi connectivity index (χ0n) is 8.30. The van der Waals surface area contributed by atoms with Gasteiger partial charge in [-0.1, -0.05) is 34.1 Å². The van der Waals surface area contributed by atoms with Crippen LogP contribution in [0.2, 0.25) is 0 Å². The van der Waals surface area contributed by atoms with Gasteiger partial charge in [0, 0.05) is 17.2 Å². The Morgan fingerprint density at radius 1 is 1.44 bits per heavy atom. The highest BCUT2D eigenvalue weighted by molar-refractivity contribution is 9.10. The summed E-state index contributed by atoms with van der Waals surface area (Å²) in [4.78, 5) is 14.4. The summed E-state index contributed by atoms with van der Waals surface area (Å²) in [6.45, 7) is 0.599. The second kappa shape index (κ2) is 4.49. The van der Waals surface area contributed by atoms with Gasteiger partial charge in [-0.3, -0.25) is 0 Å². The van der Waals surface area contributed by atoms with E-state index in [4.69, 9.17) is 5.11 Å². The predicted molar refractivity (Wildman–Crippen MR) is 62.4 cm³/mol. The van der Waals surface area contributed by atoms with Gasteiger partial charge in [0.2, 0.25) is 0 Å². The molecule has 0 saturated heterocycles. The molecule has 16 heavy (non-hydrogen) atoms. The first-order valence-electron chi connectivity index (χ1n) is 4.65. The van der Waals surface area contributed by atoms with Gasteiger partial charge in [0.1, 0.15) is 0 Å². The van der Waals surface area contributed by atoms with Crippen molar-refractivity contribution in [1.82, 2.24) is 9.55 Å². The molecule has 4 nitrogen and oxygen atoms in total. The predicted octanol–water partition coefficient (Wildman–Crippen LogP) is 2.39. The molecule has 0 spiro atoms.